The Balaban J connectivity index is 1.95. The largest absolute Gasteiger partial charge is 0.368 e. The molecule has 0 saturated carbocycles. The molecule has 5 nitrogen and oxygen atoms in total. The summed E-state index contributed by atoms with van der Waals surface area (Å²) < 4.78 is 13.0. The van der Waals surface area contributed by atoms with Crippen LogP contribution < -0.4 is 11.1 Å². The van der Waals surface area contributed by atoms with Crippen molar-refractivity contribution in [3.05, 3.63) is 64.0 Å². The number of fused-ring (bicyclic) bond motifs is 1. The number of primary amides is 1. The van der Waals surface area contributed by atoms with Gasteiger partial charge in [0.2, 0.25) is 5.91 Å². The summed E-state index contributed by atoms with van der Waals surface area (Å²) in [5.74, 6) is -0.703. The third-order valence-corrected chi connectivity index (χ3v) is 4.09. The fourth-order valence-electron chi connectivity index (χ4n) is 2.20. The Labute approximate surface area is 146 Å². The highest BCUT2D eigenvalue weighted by Crippen LogP contribution is 2.27. The second-order valence-corrected chi connectivity index (χ2v) is 5.86. The zero-order valence-corrected chi connectivity index (χ0v) is 13.6. The van der Waals surface area contributed by atoms with E-state index >= 15 is 0 Å². The number of rotatable bonds is 4. The molecular formula is C16H11Cl2FN4O. The van der Waals surface area contributed by atoms with Gasteiger partial charge in [0.15, 0.2) is 0 Å². The number of nitrogens with one attached hydrogen (secondary N) is 1. The van der Waals surface area contributed by atoms with Crippen LogP contribution in [0.4, 0.5) is 10.2 Å². The number of carbonyl (C=O) groups excluding carboxylic acids is 1. The highest BCUT2D eigenvalue weighted by atomic mass is 35.5. The lowest BCUT2D eigenvalue weighted by Crippen LogP contribution is -2.28. The van der Waals surface area contributed by atoms with Gasteiger partial charge in [0.1, 0.15) is 17.7 Å². The molecule has 3 aromatic rings. The van der Waals surface area contributed by atoms with Crippen molar-refractivity contribution in [2.75, 3.05) is 5.32 Å². The molecule has 0 aliphatic rings. The first kappa shape index (κ1) is 16.4. The molecule has 0 saturated heterocycles. The van der Waals surface area contributed by atoms with Crippen LogP contribution in [0, 0.1) is 5.82 Å². The number of hydrogen-bond acceptors (Lipinski definition) is 4. The van der Waals surface area contributed by atoms with Gasteiger partial charge in [-0.2, -0.15) is 0 Å². The van der Waals surface area contributed by atoms with Gasteiger partial charge in [0, 0.05) is 0 Å². The number of aromatic nitrogens is 2. The SMILES string of the molecule is NC(=O)C(Nc1cnc2cc(Cl)c(Cl)cc2n1)c1ccc(F)cc1. The van der Waals surface area contributed by atoms with Crippen molar-refractivity contribution in [3.63, 3.8) is 0 Å². The smallest absolute Gasteiger partial charge is 0.244 e. The van der Waals surface area contributed by atoms with Crippen molar-refractivity contribution >= 4 is 46.0 Å². The second-order valence-electron chi connectivity index (χ2n) is 5.04. The lowest BCUT2D eigenvalue weighted by atomic mass is 10.1. The number of nitrogens with two attached hydrogens (primary N) is 1. The maximum absolute atomic E-state index is 13.0. The van der Waals surface area contributed by atoms with Crippen LogP contribution in [0.25, 0.3) is 11.0 Å². The van der Waals surface area contributed by atoms with Gasteiger partial charge < -0.3 is 11.1 Å². The Bertz CT molecular complexity index is 918. The number of hydrogen-bond donors (Lipinski definition) is 2. The first-order valence-corrected chi connectivity index (χ1v) is 7.63. The van der Waals surface area contributed by atoms with E-state index in [1.807, 2.05) is 0 Å². The van der Waals surface area contributed by atoms with Crippen LogP contribution in [0.1, 0.15) is 11.6 Å². The first-order valence-electron chi connectivity index (χ1n) is 6.87. The van der Waals surface area contributed by atoms with Crippen LogP contribution in [0.15, 0.2) is 42.6 Å². The Kier molecular flexibility index (Phi) is 4.51. The number of amides is 1. The standard InChI is InChI=1S/C16H11Cl2FN4O/c17-10-5-12-13(6-11(10)18)22-14(7-21-12)23-15(16(20)24)8-1-3-9(19)4-2-8/h1-7,15H,(H2,20,24)(H,22,23). The highest BCUT2D eigenvalue weighted by molar-refractivity contribution is 6.42. The summed E-state index contributed by atoms with van der Waals surface area (Å²) in [6, 6.07) is 7.75. The normalized spacial score (nSPS) is 12.1. The van der Waals surface area contributed by atoms with Gasteiger partial charge in [0.25, 0.3) is 0 Å². The monoisotopic (exact) mass is 364 g/mol. The number of anilines is 1. The Hall–Kier alpha value is -2.44. The molecule has 3 rings (SSSR count). The molecule has 0 aliphatic carbocycles. The number of halogens is 3. The lowest BCUT2D eigenvalue weighted by molar-refractivity contribution is -0.118. The van der Waals surface area contributed by atoms with Gasteiger partial charge in [-0.3, -0.25) is 9.78 Å². The van der Waals surface area contributed by atoms with Gasteiger partial charge in [-0.1, -0.05) is 35.3 Å². The Morgan fingerprint density at radius 1 is 1.12 bits per heavy atom. The molecule has 0 aliphatic heterocycles. The average Bonchev–Trinajstić information content (AvgIpc) is 2.54. The zero-order chi connectivity index (χ0) is 17.3. The number of nitrogens with zero attached hydrogens (tertiary/aromatic N) is 2. The summed E-state index contributed by atoms with van der Waals surface area (Å²) in [5, 5.41) is 3.62. The van der Waals surface area contributed by atoms with Gasteiger partial charge in [-0.05, 0) is 29.8 Å². The molecule has 1 heterocycles. The summed E-state index contributed by atoms with van der Waals surface area (Å²) in [7, 11) is 0. The second kappa shape index (κ2) is 6.59. The fourth-order valence-corrected chi connectivity index (χ4v) is 2.52. The molecule has 1 atom stereocenters. The van der Waals surface area contributed by atoms with E-state index in [0.29, 0.717) is 32.5 Å². The lowest BCUT2D eigenvalue weighted by Gasteiger charge is -2.16. The summed E-state index contributed by atoms with van der Waals surface area (Å²) in [4.78, 5) is 20.3. The van der Waals surface area contributed by atoms with Gasteiger partial charge in [-0.25, -0.2) is 9.37 Å². The summed E-state index contributed by atoms with van der Waals surface area (Å²) in [6.45, 7) is 0. The molecule has 3 N–H and O–H groups in total. The van der Waals surface area contributed by atoms with E-state index in [1.54, 1.807) is 12.1 Å². The third-order valence-electron chi connectivity index (χ3n) is 3.36. The van der Waals surface area contributed by atoms with Crippen LogP contribution in [0.3, 0.4) is 0 Å². The van der Waals surface area contributed by atoms with Crippen LogP contribution in [-0.4, -0.2) is 15.9 Å². The molecule has 0 radical (unpaired) electrons. The molecule has 1 amide bonds. The van der Waals surface area contributed by atoms with Crippen LogP contribution in [0.2, 0.25) is 10.0 Å². The van der Waals surface area contributed by atoms with Gasteiger partial charge >= 0.3 is 0 Å². The quantitative estimate of drug-likeness (QED) is 0.739. The molecule has 1 aromatic heterocycles. The minimum absolute atomic E-state index is 0.328. The van der Waals surface area contributed by atoms with Crippen molar-refractivity contribution in [3.8, 4) is 0 Å². The van der Waals surface area contributed by atoms with Crippen molar-refractivity contribution in [1.29, 1.82) is 0 Å². The Morgan fingerprint density at radius 2 is 1.75 bits per heavy atom. The molecule has 0 fully saturated rings. The fraction of sp³-hybridized carbons (Fsp3) is 0.0625. The minimum atomic E-state index is -0.875. The van der Waals surface area contributed by atoms with Crippen LogP contribution in [0.5, 0.6) is 0 Å². The average molecular weight is 365 g/mol. The molecule has 24 heavy (non-hydrogen) atoms. The Morgan fingerprint density at radius 3 is 2.38 bits per heavy atom. The minimum Gasteiger partial charge on any atom is -0.368 e. The predicted molar refractivity (Wildman–Crippen MR) is 91.5 cm³/mol. The first-order chi connectivity index (χ1) is 11.4. The van der Waals surface area contributed by atoms with E-state index in [0.717, 1.165) is 0 Å². The molecule has 1 unspecified atom stereocenters. The van der Waals surface area contributed by atoms with Crippen LogP contribution in [-0.2, 0) is 4.79 Å². The van der Waals surface area contributed by atoms with E-state index in [9.17, 15) is 9.18 Å². The topological polar surface area (TPSA) is 80.9 Å². The molecule has 0 bridgehead atoms. The van der Waals surface area contributed by atoms with Gasteiger partial charge in [0.05, 0.1) is 27.3 Å². The molecule has 8 heteroatoms. The van der Waals surface area contributed by atoms with E-state index in [4.69, 9.17) is 28.9 Å². The maximum Gasteiger partial charge on any atom is 0.244 e. The molecule has 122 valence electrons. The maximum atomic E-state index is 13.0. The molecular weight excluding hydrogens is 354 g/mol. The van der Waals surface area contributed by atoms with Crippen molar-refractivity contribution < 1.29 is 9.18 Å². The highest BCUT2D eigenvalue weighted by Gasteiger charge is 2.18. The van der Waals surface area contributed by atoms with Crippen molar-refractivity contribution in [2.45, 2.75) is 6.04 Å². The zero-order valence-electron chi connectivity index (χ0n) is 12.1. The van der Waals surface area contributed by atoms with E-state index < -0.39 is 17.8 Å². The number of carbonyl (C=O) groups is 1. The number of benzene rings is 2. The van der Waals surface area contributed by atoms with Gasteiger partial charge in [-0.15, -0.1) is 0 Å². The van der Waals surface area contributed by atoms with Crippen LogP contribution >= 0.6 is 23.2 Å². The summed E-state index contributed by atoms with van der Waals surface area (Å²) in [6.07, 6.45) is 1.45. The molecule has 2 aromatic carbocycles. The predicted octanol–water partition coefficient (Wildman–Crippen LogP) is 3.71. The van der Waals surface area contributed by atoms with Crippen molar-refractivity contribution in [2.24, 2.45) is 5.73 Å². The van der Waals surface area contributed by atoms with E-state index in [1.165, 1.54) is 30.5 Å². The summed E-state index contributed by atoms with van der Waals surface area (Å²) >= 11 is 11.9. The molecule has 0 spiro atoms. The third kappa shape index (κ3) is 3.39. The summed E-state index contributed by atoms with van der Waals surface area (Å²) in [5.41, 5.74) is 7.02. The van der Waals surface area contributed by atoms with E-state index in [-0.39, 0.29) is 0 Å². The van der Waals surface area contributed by atoms with E-state index in [2.05, 4.69) is 15.3 Å². The van der Waals surface area contributed by atoms with Crippen molar-refractivity contribution in [1.82, 2.24) is 9.97 Å².